The average Bonchev–Trinajstić information content (AvgIpc) is 2.96. The van der Waals surface area contributed by atoms with Gasteiger partial charge in [0.25, 0.3) is 5.91 Å². The SMILES string of the molecule is Cc1cc(NC(=O)c2ccc(Nc3ccc(Br)c(C)c3)nn2)no1. The number of hydrogen-bond acceptors (Lipinski definition) is 6. The number of benzene rings is 1. The van der Waals surface area contributed by atoms with Crippen molar-refractivity contribution in [2.75, 3.05) is 10.6 Å². The molecule has 3 rings (SSSR count). The van der Waals surface area contributed by atoms with E-state index in [1.54, 1.807) is 25.1 Å². The number of amides is 1. The van der Waals surface area contributed by atoms with Gasteiger partial charge in [0.15, 0.2) is 17.3 Å². The minimum absolute atomic E-state index is 0.188. The standard InChI is InChI=1S/C16H14BrN5O2/c1-9-7-11(3-4-12(9)17)18-14-6-5-13(20-21-14)16(23)19-15-8-10(2)24-22-15/h3-8H,1-2H3,(H,18,21)(H,19,22,23). The highest BCUT2D eigenvalue weighted by atomic mass is 79.9. The summed E-state index contributed by atoms with van der Waals surface area (Å²) < 4.78 is 5.93. The summed E-state index contributed by atoms with van der Waals surface area (Å²) >= 11 is 3.46. The summed E-state index contributed by atoms with van der Waals surface area (Å²) in [6.07, 6.45) is 0. The van der Waals surface area contributed by atoms with Crippen molar-refractivity contribution in [1.82, 2.24) is 15.4 Å². The van der Waals surface area contributed by atoms with E-state index < -0.39 is 5.91 Å². The number of aryl methyl sites for hydroxylation is 2. The summed E-state index contributed by atoms with van der Waals surface area (Å²) in [5.41, 5.74) is 2.18. The molecule has 0 atom stereocenters. The molecule has 0 spiro atoms. The van der Waals surface area contributed by atoms with Crippen LogP contribution in [0.25, 0.3) is 0 Å². The molecule has 0 saturated carbocycles. The number of nitrogens with one attached hydrogen (secondary N) is 2. The minimum Gasteiger partial charge on any atom is -0.360 e. The Morgan fingerprint density at radius 1 is 1.08 bits per heavy atom. The van der Waals surface area contributed by atoms with E-state index in [1.165, 1.54) is 0 Å². The van der Waals surface area contributed by atoms with Gasteiger partial charge in [0.1, 0.15) is 5.76 Å². The van der Waals surface area contributed by atoms with Crippen molar-refractivity contribution in [3.05, 3.63) is 57.9 Å². The van der Waals surface area contributed by atoms with Crippen LogP contribution in [0.3, 0.4) is 0 Å². The molecule has 3 aromatic rings. The van der Waals surface area contributed by atoms with Crippen LogP contribution in [-0.2, 0) is 0 Å². The van der Waals surface area contributed by atoms with Crippen LogP contribution in [0, 0.1) is 13.8 Å². The lowest BCUT2D eigenvalue weighted by Gasteiger charge is -2.07. The molecule has 8 heteroatoms. The number of nitrogens with zero attached hydrogens (tertiary/aromatic N) is 3. The molecule has 1 aromatic carbocycles. The Morgan fingerprint density at radius 3 is 2.54 bits per heavy atom. The van der Waals surface area contributed by atoms with E-state index in [1.807, 2.05) is 25.1 Å². The summed E-state index contributed by atoms with van der Waals surface area (Å²) in [6.45, 7) is 3.74. The molecule has 0 aliphatic heterocycles. The van der Waals surface area contributed by atoms with Gasteiger partial charge in [-0.05, 0) is 49.7 Å². The van der Waals surface area contributed by atoms with Crippen molar-refractivity contribution in [2.24, 2.45) is 0 Å². The Hall–Kier alpha value is -2.74. The van der Waals surface area contributed by atoms with Crippen molar-refractivity contribution in [3.63, 3.8) is 0 Å². The molecule has 2 heterocycles. The summed E-state index contributed by atoms with van der Waals surface area (Å²) in [5, 5.41) is 17.4. The number of carbonyl (C=O) groups excluding carboxylic acids is 1. The molecule has 1 amide bonds. The second-order valence-electron chi connectivity index (χ2n) is 5.17. The van der Waals surface area contributed by atoms with E-state index in [-0.39, 0.29) is 5.69 Å². The Bertz CT molecular complexity index is 876. The lowest BCUT2D eigenvalue weighted by molar-refractivity contribution is 0.102. The van der Waals surface area contributed by atoms with Gasteiger partial charge in [-0.3, -0.25) is 4.79 Å². The van der Waals surface area contributed by atoms with Crippen LogP contribution >= 0.6 is 15.9 Å². The van der Waals surface area contributed by atoms with Gasteiger partial charge in [0.2, 0.25) is 0 Å². The smallest absolute Gasteiger partial charge is 0.277 e. The predicted molar refractivity (Wildman–Crippen MR) is 93.4 cm³/mol. The molecule has 122 valence electrons. The number of hydrogen-bond donors (Lipinski definition) is 2. The molecule has 0 fully saturated rings. The van der Waals surface area contributed by atoms with Gasteiger partial charge in [-0.2, -0.15) is 0 Å². The van der Waals surface area contributed by atoms with Crippen LogP contribution in [0.2, 0.25) is 0 Å². The van der Waals surface area contributed by atoms with Gasteiger partial charge >= 0.3 is 0 Å². The molecule has 2 aromatic heterocycles. The zero-order valence-electron chi connectivity index (χ0n) is 13.0. The van der Waals surface area contributed by atoms with Gasteiger partial charge in [-0.1, -0.05) is 21.1 Å². The van der Waals surface area contributed by atoms with Crippen molar-refractivity contribution in [3.8, 4) is 0 Å². The lowest BCUT2D eigenvalue weighted by Crippen LogP contribution is -2.14. The summed E-state index contributed by atoms with van der Waals surface area (Å²) in [6, 6.07) is 10.8. The summed E-state index contributed by atoms with van der Waals surface area (Å²) in [4.78, 5) is 12.1. The van der Waals surface area contributed by atoms with E-state index in [9.17, 15) is 4.79 Å². The normalized spacial score (nSPS) is 10.5. The van der Waals surface area contributed by atoms with Crippen molar-refractivity contribution < 1.29 is 9.32 Å². The lowest BCUT2D eigenvalue weighted by atomic mass is 10.2. The third-order valence-electron chi connectivity index (χ3n) is 3.20. The topological polar surface area (TPSA) is 92.9 Å². The van der Waals surface area contributed by atoms with E-state index in [0.29, 0.717) is 17.4 Å². The maximum atomic E-state index is 12.1. The zero-order chi connectivity index (χ0) is 17.1. The van der Waals surface area contributed by atoms with Crippen molar-refractivity contribution in [1.29, 1.82) is 0 Å². The predicted octanol–water partition coefficient (Wildman–Crippen LogP) is 3.84. The Labute approximate surface area is 146 Å². The maximum absolute atomic E-state index is 12.1. The molecule has 0 radical (unpaired) electrons. The third-order valence-corrected chi connectivity index (χ3v) is 4.09. The van der Waals surface area contributed by atoms with Crippen molar-refractivity contribution in [2.45, 2.75) is 13.8 Å². The number of anilines is 3. The van der Waals surface area contributed by atoms with Gasteiger partial charge in [0.05, 0.1) is 0 Å². The quantitative estimate of drug-likeness (QED) is 0.706. The molecule has 0 unspecified atom stereocenters. The van der Waals surface area contributed by atoms with E-state index in [4.69, 9.17) is 4.52 Å². The van der Waals surface area contributed by atoms with Crippen LogP contribution in [0.4, 0.5) is 17.3 Å². The second-order valence-corrected chi connectivity index (χ2v) is 6.02. The molecule has 0 saturated heterocycles. The number of carbonyl (C=O) groups is 1. The van der Waals surface area contributed by atoms with E-state index in [2.05, 4.69) is 41.9 Å². The minimum atomic E-state index is -0.401. The molecule has 2 N–H and O–H groups in total. The van der Waals surface area contributed by atoms with Crippen molar-refractivity contribution >= 4 is 39.2 Å². The third kappa shape index (κ3) is 3.77. The first-order valence-corrected chi connectivity index (χ1v) is 7.92. The van der Waals surface area contributed by atoms with Crippen LogP contribution in [0.5, 0.6) is 0 Å². The van der Waals surface area contributed by atoms with E-state index >= 15 is 0 Å². The average molecular weight is 388 g/mol. The molecule has 24 heavy (non-hydrogen) atoms. The van der Waals surface area contributed by atoms with Gasteiger partial charge in [0, 0.05) is 16.2 Å². The number of halogens is 1. The van der Waals surface area contributed by atoms with E-state index in [0.717, 1.165) is 15.7 Å². The summed E-state index contributed by atoms with van der Waals surface area (Å²) in [5.74, 6) is 1.10. The largest absolute Gasteiger partial charge is 0.360 e. The Kier molecular flexibility index (Phi) is 4.57. The first-order chi connectivity index (χ1) is 11.5. The molecule has 7 nitrogen and oxygen atoms in total. The highest BCUT2D eigenvalue weighted by molar-refractivity contribution is 9.10. The van der Waals surface area contributed by atoms with Gasteiger partial charge < -0.3 is 15.2 Å². The monoisotopic (exact) mass is 387 g/mol. The molecular weight excluding hydrogens is 374 g/mol. The maximum Gasteiger partial charge on any atom is 0.277 e. The van der Waals surface area contributed by atoms with Crippen LogP contribution in [0.1, 0.15) is 21.8 Å². The van der Waals surface area contributed by atoms with Gasteiger partial charge in [-0.25, -0.2) is 0 Å². The highest BCUT2D eigenvalue weighted by Gasteiger charge is 2.11. The molecule has 0 aliphatic rings. The second kappa shape index (κ2) is 6.79. The highest BCUT2D eigenvalue weighted by Crippen LogP contribution is 2.22. The zero-order valence-corrected chi connectivity index (χ0v) is 14.6. The number of aromatic nitrogens is 3. The first kappa shape index (κ1) is 16.1. The van der Waals surface area contributed by atoms with Crippen LogP contribution in [0.15, 0.2) is 45.4 Å². The molecule has 0 bridgehead atoms. The molecular formula is C16H14BrN5O2. The fourth-order valence-electron chi connectivity index (χ4n) is 2.00. The fraction of sp³-hybridized carbons (Fsp3) is 0.125. The Morgan fingerprint density at radius 2 is 1.92 bits per heavy atom. The summed E-state index contributed by atoms with van der Waals surface area (Å²) in [7, 11) is 0. The number of rotatable bonds is 4. The Balaban J connectivity index is 1.68. The van der Waals surface area contributed by atoms with Gasteiger partial charge in [-0.15, -0.1) is 10.2 Å². The fourth-order valence-corrected chi connectivity index (χ4v) is 2.24. The van der Waals surface area contributed by atoms with Crippen LogP contribution < -0.4 is 10.6 Å². The first-order valence-electron chi connectivity index (χ1n) is 7.13. The van der Waals surface area contributed by atoms with Crippen LogP contribution in [-0.4, -0.2) is 21.3 Å². The molecule has 0 aliphatic carbocycles.